The second-order valence-electron chi connectivity index (χ2n) is 6.29. The Balaban J connectivity index is 1.50. The molecule has 1 N–H and O–H groups in total. The average molecular weight is 358 g/mol. The van der Waals surface area contributed by atoms with Crippen LogP contribution < -0.4 is 0 Å². The molecule has 26 heavy (non-hydrogen) atoms. The van der Waals surface area contributed by atoms with Gasteiger partial charge in [-0.2, -0.15) is 5.06 Å². The minimum Gasteiger partial charge on any atom is -0.395 e. The van der Waals surface area contributed by atoms with E-state index in [1.54, 1.807) is 17.2 Å². The number of nitro benzene ring substituents is 1. The molecule has 0 aromatic heterocycles. The molecule has 2 unspecified atom stereocenters. The molecule has 138 valence electrons. The van der Waals surface area contributed by atoms with Gasteiger partial charge in [-0.3, -0.25) is 15.0 Å². The molecule has 2 aromatic rings. The second kappa shape index (κ2) is 8.86. The smallest absolute Gasteiger partial charge is 0.269 e. The first-order valence-electron chi connectivity index (χ1n) is 8.55. The lowest BCUT2D eigenvalue weighted by Crippen LogP contribution is -2.32. The van der Waals surface area contributed by atoms with Crippen LogP contribution in [0.4, 0.5) is 5.69 Å². The van der Waals surface area contributed by atoms with Crippen molar-refractivity contribution >= 4 is 5.69 Å². The van der Waals surface area contributed by atoms with E-state index in [1.807, 2.05) is 30.3 Å². The molecular formula is C19H22N2O5. The van der Waals surface area contributed by atoms with E-state index in [2.05, 4.69) is 0 Å². The normalized spacial score (nSPS) is 20.3. The van der Waals surface area contributed by atoms with E-state index in [1.165, 1.54) is 12.1 Å². The highest BCUT2D eigenvalue weighted by Crippen LogP contribution is 2.23. The minimum absolute atomic E-state index is 0.00847. The quantitative estimate of drug-likeness (QED) is 0.577. The van der Waals surface area contributed by atoms with Crippen molar-refractivity contribution in [3.8, 4) is 0 Å². The number of aliphatic hydroxyl groups is 1. The molecular weight excluding hydrogens is 336 g/mol. The topological polar surface area (TPSA) is 85.1 Å². The van der Waals surface area contributed by atoms with Crippen LogP contribution in [0.1, 0.15) is 17.5 Å². The molecule has 0 amide bonds. The van der Waals surface area contributed by atoms with Crippen molar-refractivity contribution in [1.29, 1.82) is 0 Å². The van der Waals surface area contributed by atoms with Gasteiger partial charge in [0.05, 0.1) is 43.4 Å². The summed E-state index contributed by atoms with van der Waals surface area (Å²) in [4.78, 5) is 16.1. The molecule has 1 aliphatic rings. The molecule has 1 heterocycles. The van der Waals surface area contributed by atoms with Gasteiger partial charge in [-0.05, 0) is 29.7 Å². The molecule has 7 nitrogen and oxygen atoms in total. The third-order valence-electron chi connectivity index (χ3n) is 4.41. The van der Waals surface area contributed by atoms with Gasteiger partial charge < -0.3 is 9.84 Å². The van der Waals surface area contributed by atoms with Gasteiger partial charge in [0.2, 0.25) is 0 Å². The Bertz CT molecular complexity index is 708. The van der Waals surface area contributed by atoms with E-state index in [4.69, 9.17) is 9.57 Å². The van der Waals surface area contributed by atoms with E-state index in [0.717, 1.165) is 11.1 Å². The SMILES string of the molecule is O=[N+]([O-])c1ccc(CON2CC(OCc3ccccc3)CC2CO)cc1. The molecule has 1 aliphatic heterocycles. The number of hydrogen-bond donors (Lipinski definition) is 1. The van der Waals surface area contributed by atoms with Crippen molar-refractivity contribution < 1.29 is 19.6 Å². The number of non-ortho nitro benzene ring substituents is 1. The molecule has 0 bridgehead atoms. The number of nitrogens with zero attached hydrogens (tertiary/aromatic N) is 2. The van der Waals surface area contributed by atoms with Gasteiger partial charge in [0, 0.05) is 12.1 Å². The van der Waals surface area contributed by atoms with Crippen molar-refractivity contribution in [2.75, 3.05) is 13.2 Å². The Morgan fingerprint density at radius 1 is 1.08 bits per heavy atom. The molecule has 1 fully saturated rings. The summed E-state index contributed by atoms with van der Waals surface area (Å²) in [5.41, 5.74) is 2.00. The van der Waals surface area contributed by atoms with Gasteiger partial charge in [-0.25, -0.2) is 0 Å². The van der Waals surface area contributed by atoms with E-state index in [-0.39, 0.29) is 24.4 Å². The standard InChI is InChI=1S/C19H22N2O5/c22-12-18-10-19(25-13-15-4-2-1-3-5-15)11-20(18)26-14-16-6-8-17(9-7-16)21(23)24/h1-9,18-19,22H,10-14H2. The third kappa shape index (κ3) is 4.86. The Kier molecular flexibility index (Phi) is 6.30. The Hall–Kier alpha value is -2.32. The summed E-state index contributed by atoms with van der Waals surface area (Å²) >= 11 is 0. The molecule has 0 aliphatic carbocycles. The van der Waals surface area contributed by atoms with Crippen LogP contribution in [-0.4, -0.2) is 40.4 Å². The van der Waals surface area contributed by atoms with Crippen molar-refractivity contribution in [3.05, 3.63) is 75.8 Å². The highest BCUT2D eigenvalue weighted by atomic mass is 16.7. The minimum atomic E-state index is -0.429. The molecule has 0 saturated carbocycles. The molecule has 0 spiro atoms. The number of benzene rings is 2. The molecule has 2 atom stereocenters. The van der Waals surface area contributed by atoms with Crippen LogP contribution in [0.15, 0.2) is 54.6 Å². The zero-order chi connectivity index (χ0) is 18.4. The van der Waals surface area contributed by atoms with Crippen LogP contribution in [-0.2, 0) is 22.8 Å². The van der Waals surface area contributed by atoms with E-state index in [0.29, 0.717) is 26.2 Å². The van der Waals surface area contributed by atoms with E-state index < -0.39 is 4.92 Å². The summed E-state index contributed by atoms with van der Waals surface area (Å²) in [5.74, 6) is 0. The number of aliphatic hydroxyl groups excluding tert-OH is 1. The summed E-state index contributed by atoms with van der Waals surface area (Å²) in [6.07, 6.45) is 0.688. The zero-order valence-corrected chi connectivity index (χ0v) is 14.4. The molecule has 2 aromatic carbocycles. The summed E-state index contributed by atoms with van der Waals surface area (Å²) in [6.45, 7) is 1.39. The summed E-state index contributed by atoms with van der Waals surface area (Å²) < 4.78 is 5.94. The Morgan fingerprint density at radius 2 is 1.77 bits per heavy atom. The zero-order valence-electron chi connectivity index (χ0n) is 14.4. The van der Waals surface area contributed by atoms with Crippen molar-refractivity contribution in [2.45, 2.75) is 31.8 Å². The lowest BCUT2D eigenvalue weighted by molar-refractivity contribution is -0.384. The first kappa shape index (κ1) is 18.5. The highest BCUT2D eigenvalue weighted by molar-refractivity contribution is 5.32. The first-order chi connectivity index (χ1) is 12.7. The predicted molar refractivity (Wildman–Crippen MR) is 95.1 cm³/mol. The van der Waals surface area contributed by atoms with Crippen molar-refractivity contribution in [2.24, 2.45) is 0 Å². The molecule has 1 saturated heterocycles. The average Bonchev–Trinajstić information content (AvgIpc) is 3.08. The van der Waals surface area contributed by atoms with Crippen LogP contribution in [0.25, 0.3) is 0 Å². The van der Waals surface area contributed by atoms with Crippen LogP contribution >= 0.6 is 0 Å². The highest BCUT2D eigenvalue weighted by Gasteiger charge is 2.33. The summed E-state index contributed by atoms with van der Waals surface area (Å²) in [7, 11) is 0. The van der Waals surface area contributed by atoms with Gasteiger partial charge in [-0.15, -0.1) is 0 Å². The van der Waals surface area contributed by atoms with E-state index >= 15 is 0 Å². The maximum absolute atomic E-state index is 10.7. The fourth-order valence-electron chi connectivity index (χ4n) is 2.95. The maximum Gasteiger partial charge on any atom is 0.269 e. The summed E-state index contributed by atoms with van der Waals surface area (Å²) in [5, 5.41) is 22.0. The van der Waals surface area contributed by atoms with Crippen molar-refractivity contribution in [3.63, 3.8) is 0 Å². The van der Waals surface area contributed by atoms with Crippen LogP contribution in [0, 0.1) is 10.1 Å². The Morgan fingerprint density at radius 3 is 2.42 bits per heavy atom. The van der Waals surface area contributed by atoms with Crippen molar-refractivity contribution in [1.82, 2.24) is 5.06 Å². The monoisotopic (exact) mass is 358 g/mol. The number of hydrogen-bond acceptors (Lipinski definition) is 6. The fourth-order valence-corrected chi connectivity index (χ4v) is 2.95. The van der Waals surface area contributed by atoms with Gasteiger partial charge in [0.25, 0.3) is 5.69 Å². The van der Waals surface area contributed by atoms with Crippen LogP contribution in [0.3, 0.4) is 0 Å². The largest absolute Gasteiger partial charge is 0.395 e. The van der Waals surface area contributed by atoms with Gasteiger partial charge >= 0.3 is 0 Å². The van der Waals surface area contributed by atoms with Gasteiger partial charge in [0.15, 0.2) is 0 Å². The second-order valence-corrected chi connectivity index (χ2v) is 6.29. The van der Waals surface area contributed by atoms with E-state index in [9.17, 15) is 15.2 Å². The Labute approximate surface area is 151 Å². The van der Waals surface area contributed by atoms with Crippen LogP contribution in [0.5, 0.6) is 0 Å². The predicted octanol–water partition coefficient (Wildman–Crippen LogP) is 2.68. The first-order valence-corrected chi connectivity index (χ1v) is 8.55. The third-order valence-corrected chi connectivity index (χ3v) is 4.41. The molecule has 7 heteroatoms. The number of hydroxylamine groups is 2. The fraction of sp³-hybridized carbons (Fsp3) is 0.368. The van der Waals surface area contributed by atoms with Gasteiger partial charge in [-0.1, -0.05) is 30.3 Å². The summed E-state index contributed by atoms with van der Waals surface area (Å²) in [6, 6.07) is 16.1. The number of nitro groups is 1. The number of rotatable bonds is 8. The van der Waals surface area contributed by atoms with Gasteiger partial charge in [0.1, 0.15) is 0 Å². The maximum atomic E-state index is 10.7. The molecule has 0 radical (unpaired) electrons. The lowest BCUT2D eigenvalue weighted by atomic mass is 10.2. The lowest BCUT2D eigenvalue weighted by Gasteiger charge is -2.21. The number of ether oxygens (including phenoxy) is 1. The van der Waals surface area contributed by atoms with Crippen LogP contribution in [0.2, 0.25) is 0 Å². The molecule has 3 rings (SSSR count).